The molecule has 0 saturated carbocycles. The van der Waals surface area contributed by atoms with Gasteiger partial charge in [-0.25, -0.2) is 4.98 Å². The third-order valence-corrected chi connectivity index (χ3v) is 2.77. The van der Waals surface area contributed by atoms with Gasteiger partial charge in [-0.3, -0.25) is 0 Å². The Morgan fingerprint density at radius 2 is 1.94 bits per heavy atom. The van der Waals surface area contributed by atoms with E-state index >= 15 is 0 Å². The molecule has 0 bridgehead atoms. The number of nitrogens with zero attached hydrogens (tertiary/aromatic N) is 1. The van der Waals surface area contributed by atoms with E-state index in [1.165, 1.54) is 12.0 Å². The standard InChI is InChI=1S/C14H17NO2.CH4/c1-14(2,3)10-5-6-11(12(7-10)16-4)13-8-15-9-17-13;/h5-9H,1-4H3;1H4. The van der Waals surface area contributed by atoms with Gasteiger partial charge in [0.15, 0.2) is 12.2 Å². The molecule has 0 aliphatic carbocycles. The fourth-order valence-corrected chi connectivity index (χ4v) is 1.71. The molecule has 2 rings (SSSR count). The summed E-state index contributed by atoms with van der Waals surface area (Å²) in [6.45, 7) is 6.53. The molecule has 0 spiro atoms. The summed E-state index contributed by atoms with van der Waals surface area (Å²) >= 11 is 0. The van der Waals surface area contributed by atoms with Gasteiger partial charge in [-0.2, -0.15) is 0 Å². The van der Waals surface area contributed by atoms with Gasteiger partial charge in [-0.1, -0.05) is 34.3 Å². The SMILES string of the molecule is C.COc1cc(C(C)(C)C)ccc1-c1cnco1. The van der Waals surface area contributed by atoms with Crippen LogP contribution in [0.15, 0.2) is 35.2 Å². The first kappa shape index (κ1) is 14.3. The van der Waals surface area contributed by atoms with Gasteiger partial charge >= 0.3 is 0 Å². The zero-order valence-corrected chi connectivity index (χ0v) is 10.7. The van der Waals surface area contributed by atoms with E-state index in [0.717, 1.165) is 17.1 Å². The van der Waals surface area contributed by atoms with Crippen LogP contribution in [0.5, 0.6) is 5.75 Å². The Hall–Kier alpha value is -1.77. The molecule has 1 heterocycles. The van der Waals surface area contributed by atoms with Crippen molar-refractivity contribution in [1.82, 2.24) is 4.98 Å². The summed E-state index contributed by atoms with van der Waals surface area (Å²) in [7, 11) is 1.67. The summed E-state index contributed by atoms with van der Waals surface area (Å²) in [4.78, 5) is 3.92. The second-order valence-electron chi connectivity index (χ2n) is 5.03. The number of hydrogen-bond donors (Lipinski definition) is 0. The summed E-state index contributed by atoms with van der Waals surface area (Å²) in [5.74, 6) is 1.54. The third-order valence-electron chi connectivity index (χ3n) is 2.77. The van der Waals surface area contributed by atoms with E-state index in [9.17, 15) is 0 Å². The van der Waals surface area contributed by atoms with Crippen molar-refractivity contribution in [2.75, 3.05) is 7.11 Å². The zero-order chi connectivity index (χ0) is 12.5. The van der Waals surface area contributed by atoms with Gasteiger partial charge in [-0.15, -0.1) is 0 Å². The first-order valence-electron chi connectivity index (χ1n) is 5.60. The van der Waals surface area contributed by atoms with Crippen LogP contribution in [0.1, 0.15) is 33.8 Å². The lowest BCUT2D eigenvalue weighted by Gasteiger charge is -2.20. The highest BCUT2D eigenvalue weighted by Gasteiger charge is 2.17. The molecular weight excluding hydrogens is 226 g/mol. The number of rotatable bonds is 2. The zero-order valence-electron chi connectivity index (χ0n) is 10.7. The van der Waals surface area contributed by atoms with Crippen LogP contribution in [-0.4, -0.2) is 12.1 Å². The molecule has 0 radical (unpaired) electrons. The van der Waals surface area contributed by atoms with Crippen LogP contribution >= 0.6 is 0 Å². The van der Waals surface area contributed by atoms with Crippen molar-refractivity contribution in [3.8, 4) is 17.1 Å². The smallest absolute Gasteiger partial charge is 0.181 e. The number of methoxy groups -OCH3 is 1. The van der Waals surface area contributed by atoms with Gasteiger partial charge in [0.05, 0.1) is 18.9 Å². The van der Waals surface area contributed by atoms with E-state index < -0.39 is 0 Å². The molecule has 0 unspecified atom stereocenters. The van der Waals surface area contributed by atoms with Crippen molar-refractivity contribution in [2.24, 2.45) is 0 Å². The second-order valence-corrected chi connectivity index (χ2v) is 5.03. The minimum atomic E-state index is 0. The summed E-state index contributed by atoms with van der Waals surface area (Å²) in [5.41, 5.74) is 2.27. The van der Waals surface area contributed by atoms with E-state index in [-0.39, 0.29) is 12.8 Å². The maximum Gasteiger partial charge on any atom is 0.181 e. The molecule has 0 saturated heterocycles. The van der Waals surface area contributed by atoms with Crippen molar-refractivity contribution < 1.29 is 9.15 Å². The molecule has 98 valence electrons. The number of oxazole rings is 1. The van der Waals surface area contributed by atoms with Crippen LogP contribution in [0, 0.1) is 0 Å². The van der Waals surface area contributed by atoms with E-state index in [1.54, 1.807) is 13.3 Å². The van der Waals surface area contributed by atoms with E-state index in [2.05, 4.69) is 37.9 Å². The maximum atomic E-state index is 5.42. The molecule has 2 aromatic rings. The molecule has 3 nitrogen and oxygen atoms in total. The van der Waals surface area contributed by atoms with E-state index in [1.807, 2.05) is 6.07 Å². The molecule has 1 aromatic carbocycles. The number of hydrogen-bond acceptors (Lipinski definition) is 3. The number of aromatic nitrogens is 1. The topological polar surface area (TPSA) is 35.3 Å². The van der Waals surface area contributed by atoms with Gasteiger partial charge in [0.2, 0.25) is 0 Å². The van der Waals surface area contributed by atoms with Crippen LogP contribution in [0.2, 0.25) is 0 Å². The summed E-state index contributed by atoms with van der Waals surface area (Å²) in [6.07, 6.45) is 3.11. The molecule has 18 heavy (non-hydrogen) atoms. The minimum Gasteiger partial charge on any atom is -0.496 e. The first-order chi connectivity index (χ1) is 8.02. The minimum absolute atomic E-state index is 0. The molecular formula is C15H21NO2. The third kappa shape index (κ3) is 2.73. The average Bonchev–Trinajstić information content (AvgIpc) is 2.80. The fourth-order valence-electron chi connectivity index (χ4n) is 1.71. The lowest BCUT2D eigenvalue weighted by atomic mass is 9.86. The van der Waals surface area contributed by atoms with Crippen LogP contribution in [0.4, 0.5) is 0 Å². The molecule has 0 N–H and O–H groups in total. The molecule has 0 amide bonds. The van der Waals surface area contributed by atoms with Gasteiger partial charge in [0.1, 0.15) is 5.75 Å². The quantitative estimate of drug-likeness (QED) is 0.794. The Morgan fingerprint density at radius 3 is 2.44 bits per heavy atom. The monoisotopic (exact) mass is 247 g/mol. The first-order valence-corrected chi connectivity index (χ1v) is 5.60. The molecule has 0 aliphatic heterocycles. The molecule has 3 heteroatoms. The van der Waals surface area contributed by atoms with Crippen LogP contribution in [-0.2, 0) is 5.41 Å². The van der Waals surface area contributed by atoms with Crippen molar-refractivity contribution in [3.05, 3.63) is 36.4 Å². The summed E-state index contributed by atoms with van der Waals surface area (Å²) < 4.78 is 10.7. The predicted molar refractivity (Wildman–Crippen MR) is 73.9 cm³/mol. The van der Waals surface area contributed by atoms with Crippen LogP contribution in [0.25, 0.3) is 11.3 Å². The largest absolute Gasteiger partial charge is 0.496 e. The summed E-state index contributed by atoms with van der Waals surface area (Å²) in [5, 5.41) is 0. The fraction of sp³-hybridized carbons (Fsp3) is 0.400. The lowest BCUT2D eigenvalue weighted by Crippen LogP contribution is -2.11. The Kier molecular flexibility index (Phi) is 4.17. The normalized spacial score (nSPS) is 10.9. The Balaban J connectivity index is 0.00000162. The van der Waals surface area contributed by atoms with Crippen LogP contribution < -0.4 is 4.74 Å². The van der Waals surface area contributed by atoms with Crippen molar-refractivity contribution in [2.45, 2.75) is 33.6 Å². The Morgan fingerprint density at radius 1 is 1.22 bits per heavy atom. The maximum absolute atomic E-state index is 5.42. The average molecular weight is 247 g/mol. The highest BCUT2D eigenvalue weighted by Crippen LogP contribution is 2.34. The molecule has 0 aliphatic rings. The van der Waals surface area contributed by atoms with Crippen molar-refractivity contribution in [1.29, 1.82) is 0 Å². The van der Waals surface area contributed by atoms with Gasteiger partial charge < -0.3 is 9.15 Å². The molecule has 0 fully saturated rings. The van der Waals surface area contributed by atoms with Gasteiger partial charge in [0.25, 0.3) is 0 Å². The molecule has 1 aromatic heterocycles. The second kappa shape index (κ2) is 5.25. The summed E-state index contributed by atoms with van der Waals surface area (Å²) in [6, 6.07) is 6.16. The Bertz CT molecular complexity index is 496. The Labute approximate surface area is 109 Å². The molecule has 0 atom stereocenters. The highest BCUT2D eigenvalue weighted by atomic mass is 16.5. The van der Waals surface area contributed by atoms with E-state index in [4.69, 9.17) is 9.15 Å². The predicted octanol–water partition coefficient (Wildman–Crippen LogP) is 4.28. The number of ether oxygens (including phenoxy) is 1. The van der Waals surface area contributed by atoms with Gasteiger partial charge in [0, 0.05) is 0 Å². The van der Waals surface area contributed by atoms with Gasteiger partial charge in [-0.05, 0) is 23.1 Å². The van der Waals surface area contributed by atoms with Crippen molar-refractivity contribution in [3.63, 3.8) is 0 Å². The highest BCUT2D eigenvalue weighted by molar-refractivity contribution is 5.66. The lowest BCUT2D eigenvalue weighted by molar-refractivity contribution is 0.412. The van der Waals surface area contributed by atoms with E-state index in [0.29, 0.717) is 0 Å². The van der Waals surface area contributed by atoms with Crippen LogP contribution in [0.3, 0.4) is 0 Å². The van der Waals surface area contributed by atoms with Crippen molar-refractivity contribution >= 4 is 0 Å². The number of benzene rings is 1.